The highest BCUT2D eigenvalue weighted by molar-refractivity contribution is 5.77. The van der Waals surface area contributed by atoms with E-state index in [1.54, 1.807) is 18.2 Å². The molecule has 1 aliphatic heterocycles. The first-order valence-electron chi connectivity index (χ1n) is 7.52. The van der Waals surface area contributed by atoms with Gasteiger partial charge in [-0.15, -0.1) is 0 Å². The first-order valence-corrected chi connectivity index (χ1v) is 7.52. The van der Waals surface area contributed by atoms with Crippen LogP contribution in [-0.2, 0) is 24.3 Å². The number of amides is 1. The number of hydrogen-bond acceptors (Lipinski definition) is 5. The summed E-state index contributed by atoms with van der Waals surface area (Å²) in [5.74, 6) is 2.69. The van der Waals surface area contributed by atoms with Crippen LogP contribution in [0, 0.1) is 6.92 Å². The van der Waals surface area contributed by atoms with Gasteiger partial charge in [-0.25, -0.2) is 9.67 Å². The zero-order chi connectivity index (χ0) is 15.5. The van der Waals surface area contributed by atoms with Crippen LogP contribution in [0.15, 0.2) is 22.8 Å². The van der Waals surface area contributed by atoms with Crippen LogP contribution in [0.5, 0.6) is 0 Å². The molecule has 1 atom stereocenters. The smallest absolute Gasteiger partial charge is 0.236 e. The quantitative estimate of drug-likeness (QED) is 0.882. The van der Waals surface area contributed by atoms with Crippen molar-refractivity contribution in [2.45, 2.75) is 38.9 Å². The van der Waals surface area contributed by atoms with E-state index < -0.39 is 0 Å². The van der Waals surface area contributed by atoms with E-state index in [1.807, 2.05) is 23.7 Å². The minimum absolute atomic E-state index is 0.0527. The summed E-state index contributed by atoms with van der Waals surface area (Å²) in [7, 11) is 1.78. The zero-order valence-electron chi connectivity index (χ0n) is 13.0. The first-order chi connectivity index (χ1) is 10.6. The number of carbonyl (C=O) groups is 1. The molecule has 22 heavy (non-hydrogen) atoms. The van der Waals surface area contributed by atoms with Crippen molar-refractivity contribution < 1.29 is 9.21 Å². The number of likely N-dealkylation sites (N-methyl/N-ethyl adjacent to an activating group) is 1. The van der Waals surface area contributed by atoms with Gasteiger partial charge in [0, 0.05) is 19.5 Å². The lowest BCUT2D eigenvalue weighted by Gasteiger charge is -2.24. The SMILES string of the molecule is Cc1nc2n(n1)CC(NCC(=O)N(C)Cc1ccco1)CC2. The number of nitrogens with one attached hydrogen (secondary N) is 1. The predicted molar refractivity (Wildman–Crippen MR) is 80.1 cm³/mol. The van der Waals surface area contributed by atoms with Gasteiger partial charge in [0.25, 0.3) is 0 Å². The summed E-state index contributed by atoms with van der Waals surface area (Å²) in [4.78, 5) is 18.2. The number of rotatable bonds is 5. The summed E-state index contributed by atoms with van der Waals surface area (Å²) in [5.41, 5.74) is 0. The molecule has 0 fully saturated rings. The molecule has 0 radical (unpaired) electrons. The average Bonchev–Trinajstić information content (AvgIpc) is 3.12. The van der Waals surface area contributed by atoms with E-state index in [9.17, 15) is 4.79 Å². The van der Waals surface area contributed by atoms with Gasteiger partial charge in [-0.1, -0.05) is 0 Å². The lowest BCUT2D eigenvalue weighted by atomic mass is 10.1. The molecule has 118 valence electrons. The van der Waals surface area contributed by atoms with Crippen molar-refractivity contribution in [1.29, 1.82) is 0 Å². The molecule has 3 heterocycles. The molecule has 0 bridgehead atoms. The van der Waals surface area contributed by atoms with E-state index in [0.29, 0.717) is 13.1 Å². The number of nitrogens with zero attached hydrogens (tertiary/aromatic N) is 4. The summed E-state index contributed by atoms with van der Waals surface area (Å²) in [6.07, 6.45) is 3.49. The number of aryl methyl sites for hydroxylation is 2. The van der Waals surface area contributed by atoms with Crippen molar-refractivity contribution in [2.75, 3.05) is 13.6 Å². The minimum atomic E-state index is 0.0527. The van der Waals surface area contributed by atoms with Gasteiger partial charge in [0.2, 0.25) is 5.91 Å². The van der Waals surface area contributed by atoms with Crippen molar-refractivity contribution >= 4 is 5.91 Å². The topological polar surface area (TPSA) is 76.2 Å². The summed E-state index contributed by atoms with van der Waals surface area (Å²) in [6.45, 7) is 3.49. The maximum atomic E-state index is 12.1. The predicted octanol–water partition coefficient (Wildman–Crippen LogP) is 0.743. The second kappa shape index (κ2) is 6.31. The Labute approximate surface area is 129 Å². The Hall–Kier alpha value is -2.15. The minimum Gasteiger partial charge on any atom is -0.467 e. The third kappa shape index (κ3) is 3.36. The molecular weight excluding hydrogens is 282 g/mol. The Morgan fingerprint density at radius 2 is 2.45 bits per heavy atom. The Kier molecular flexibility index (Phi) is 4.24. The van der Waals surface area contributed by atoms with Gasteiger partial charge < -0.3 is 14.6 Å². The molecule has 0 saturated carbocycles. The third-order valence-corrected chi connectivity index (χ3v) is 3.90. The zero-order valence-corrected chi connectivity index (χ0v) is 13.0. The van der Waals surface area contributed by atoms with E-state index in [-0.39, 0.29) is 11.9 Å². The van der Waals surface area contributed by atoms with Gasteiger partial charge in [0.1, 0.15) is 17.4 Å². The van der Waals surface area contributed by atoms with Crippen LogP contribution in [0.1, 0.15) is 23.8 Å². The fourth-order valence-corrected chi connectivity index (χ4v) is 2.69. The van der Waals surface area contributed by atoms with E-state index in [2.05, 4.69) is 15.4 Å². The van der Waals surface area contributed by atoms with Gasteiger partial charge in [-0.05, 0) is 25.5 Å². The van der Waals surface area contributed by atoms with Crippen LogP contribution < -0.4 is 5.32 Å². The molecule has 1 amide bonds. The molecule has 2 aromatic rings. The first kappa shape index (κ1) is 14.8. The van der Waals surface area contributed by atoms with Crippen LogP contribution in [0.3, 0.4) is 0 Å². The highest BCUT2D eigenvalue weighted by Gasteiger charge is 2.21. The number of aromatic nitrogens is 3. The van der Waals surface area contributed by atoms with Crippen molar-refractivity contribution in [3.05, 3.63) is 35.8 Å². The van der Waals surface area contributed by atoms with Crippen LogP contribution in [0.4, 0.5) is 0 Å². The van der Waals surface area contributed by atoms with Crippen molar-refractivity contribution in [3.8, 4) is 0 Å². The van der Waals surface area contributed by atoms with Crippen molar-refractivity contribution in [1.82, 2.24) is 25.0 Å². The molecular formula is C15H21N5O2. The lowest BCUT2D eigenvalue weighted by molar-refractivity contribution is -0.129. The largest absolute Gasteiger partial charge is 0.467 e. The molecule has 3 rings (SSSR count). The molecule has 0 aliphatic carbocycles. The lowest BCUT2D eigenvalue weighted by Crippen LogP contribution is -2.43. The Bertz CT molecular complexity index is 634. The van der Waals surface area contributed by atoms with E-state index in [4.69, 9.17) is 4.42 Å². The molecule has 7 nitrogen and oxygen atoms in total. The second-order valence-corrected chi connectivity index (χ2v) is 5.70. The summed E-state index contributed by atoms with van der Waals surface area (Å²) < 4.78 is 7.20. The van der Waals surface area contributed by atoms with Gasteiger partial charge in [-0.2, -0.15) is 5.10 Å². The molecule has 2 aromatic heterocycles. The summed E-state index contributed by atoms with van der Waals surface area (Å²) in [5, 5.41) is 7.69. The molecule has 1 aliphatic rings. The van der Waals surface area contributed by atoms with E-state index in [1.165, 1.54) is 0 Å². The van der Waals surface area contributed by atoms with Crippen LogP contribution >= 0.6 is 0 Å². The Morgan fingerprint density at radius 1 is 1.59 bits per heavy atom. The number of carbonyl (C=O) groups excluding carboxylic acids is 1. The average molecular weight is 303 g/mol. The molecule has 7 heteroatoms. The maximum Gasteiger partial charge on any atom is 0.236 e. The van der Waals surface area contributed by atoms with Gasteiger partial charge in [0.05, 0.1) is 25.9 Å². The van der Waals surface area contributed by atoms with Gasteiger partial charge in [0.15, 0.2) is 0 Å². The van der Waals surface area contributed by atoms with Crippen molar-refractivity contribution in [2.24, 2.45) is 0 Å². The Morgan fingerprint density at radius 3 is 3.23 bits per heavy atom. The van der Waals surface area contributed by atoms with Gasteiger partial charge in [-0.3, -0.25) is 4.79 Å². The van der Waals surface area contributed by atoms with Crippen LogP contribution in [0.2, 0.25) is 0 Å². The van der Waals surface area contributed by atoms with Crippen molar-refractivity contribution in [3.63, 3.8) is 0 Å². The summed E-state index contributed by atoms with van der Waals surface area (Å²) >= 11 is 0. The second-order valence-electron chi connectivity index (χ2n) is 5.70. The normalized spacial score (nSPS) is 17.3. The fraction of sp³-hybridized carbons (Fsp3) is 0.533. The van der Waals surface area contributed by atoms with Crippen LogP contribution in [-0.4, -0.2) is 45.2 Å². The van der Waals surface area contributed by atoms with E-state index >= 15 is 0 Å². The molecule has 0 saturated heterocycles. The number of hydrogen-bond donors (Lipinski definition) is 1. The fourth-order valence-electron chi connectivity index (χ4n) is 2.69. The number of furan rings is 1. The monoisotopic (exact) mass is 303 g/mol. The highest BCUT2D eigenvalue weighted by atomic mass is 16.3. The molecule has 1 unspecified atom stereocenters. The highest BCUT2D eigenvalue weighted by Crippen LogP contribution is 2.12. The van der Waals surface area contributed by atoms with Gasteiger partial charge >= 0.3 is 0 Å². The van der Waals surface area contributed by atoms with E-state index in [0.717, 1.165) is 36.8 Å². The molecule has 1 N–H and O–H groups in total. The Balaban J connectivity index is 1.47. The molecule has 0 spiro atoms. The molecule has 0 aromatic carbocycles. The number of fused-ring (bicyclic) bond motifs is 1. The summed E-state index contributed by atoms with van der Waals surface area (Å²) in [6, 6.07) is 3.95. The third-order valence-electron chi connectivity index (χ3n) is 3.90. The van der Waals surface area contributed by atoms with Crippen LogP contribution in [0.25, 0.3) is 0 Å². The standard InChI is InChI=1S/C15H21N5O2/c1-11-17-14-6-5-12(9-20(14)18-11)16-8-15(21)19(2)10-13-4-3-7-22-13/h3-4,7,12,16H,5-6,8-10H2,1-2H3. The maximum absolute atomic E-state index is 12.1.